The number of hydrogen-bond donors (Lipinski definition) is 1. The first kappa shape index (κ1) is 14.0. The van der Waals surface area contributed by atoms with Crippen molar-refractivity contribution in [2.24, 2.45) is 5.73 Å². The standard InChI is InChI=1S/C14H23NO2/c1-3-12-6-5-7-13(10-12)17-9-8-14(11-15)16-4-2/h5-7,10,14H,3-4,8-9,11,15H2,1-2H3. The van der Waals surface area contributed by atoms with Gasteiger partial charge >= 0.3 is 0 Å². The first-order chi connectivity index (χ1) is 8.30. The van der Waals surface area contributed by atoms with Gasteiger partial charge in [0.1, 0.15) is 5.75 Å². The summed E-state index contributed by atoms with van der Waals surface area (Å²) in [4.78, 5) is 0. The third kappa shape index (κ3) is 5.20. The van der Waals surface area contributed by atoms with Crippen molar-refractivity contribution in [1.82, 2.24) is 0 Å². The van der Waals surface area contributed by atoms with E-state index in [9.17, 15) is 0 Å². The molecule has 17 heavy (non-hydrogen) atoms. The summed E-state index contributed by atoms with van der Waals surface area (Å²) >= 11 is 0. The van der Waals surface area contributed by atoms with Gasteiger partial charge in [0.2, 0.25) is 0 Å². The van der Waals surface area contributed by atoms with Gasteiger partial charge in [-0.05, 0) is 31.0 Å². The Kier molecular flexibility index (Phi) is 6.67. The Morgan fingerprint density at radius 1 is 1.29 bits per heavy atom. The van der Waals surface area contributed by atoms with Crippen LogP contribution in [0.4, 0.5) is 0 Å². The summed E-state index contributed by atoms with van der Waals surface area (Å²) in [7, 11) is 0. The minimum absolute atomic E-state index is 0.106. The van der Waals surface area contributed by atoms with Crippen molar-refractivity contribution in [3.63, 3.8) is 0 Å². The van der Waals surface area contributed by atoms with Crippen molar-refractivity contribution in [1.29, 1.82) is 0 Å². The van der Waals surface area contributed by atoms with E-state index < -0.39 is 0 Å². The lowest BCUT2D eigenvalue weighted by molar-refractivity contribution is 0.0527. The molecule has 0 radical (unpaired) electrons. The van der Waals surface area contributed by atoms with E-state index in [1.54, 1.807) is 0 Å². The third-order valence-electron chi connectivity index (χ3n) is 2.68. The maximum Gasteiger partial charge on any atom is 0.119 e. The van der Waals surface area contributed by atoms with Gasteiger partial charge in [0, 0.05) is 19.6 Å². The Hall–Kier alpha value is -1.06. The van der Waals surface area contributed by atoms with Gasteiger partial charge in [-0.3, -0.25) is 0 Å². The molecule has 96 valence electrons. The van der Waals surface area contributed by atoms with Crippen LogP contribution in [0.2, 0.25) is 0 Å². The zero-order valence-electron chi connectivity index (χ0n) is 10.8. The summed E-state index contributed by atoms with van der Waals surface area (Å²) in [6.45, 7) is 6.02. The number of rotatable bonds is 8. The average molecular weight is 237 g/mol. The molecule has 0 saturated carbocycles. The number of ether oxygens (including phenoxy) is 2. The fourth-order valence-corrected chi connectivity index (χ4v) is 1.67. The van der Waals surface area contributed by atoms with E-state index in [4.69, 9.17) is 15.2 Å². The van der Waals surface area contributed by atoms with E-state index in [0.717, 1.165) is 18.6 Å². The third-order valence-corrected chi connectivity index (χ3v) is 2.68. The highest BCUT2D eigenvalue weighted by atomic mass is 16.5. The molecular formula is C14H23NO2. The fraction of sp³-hybridized carbons (Fsp3) is 0.571. The predicted octanol–water partition coefficient (Wildman–Crippen LogP) is 2.38. The van der Waals surface area contributed by atoms with E-state index in [1.165, 1.54) is 5.56 Å². The summed E-state index contributed by atoms with van der Waals surface area (Å²) in [6, 6.07) is 8.20. The van der Waals surface area contributed by atoms with Gasteiger partial charge in [0.05, 0.1) is 12.7 Å². The second-order valence-electron chi connectivity index (χ2n) is 3.95. The molecular weight excluding hydrogens is 214 g/mol. The molecule has 1 aromatic carbocycles. The van der Waals surface area contributed by atoms with E-state index >= 15 is 0 Å². The van der Waals surface area contributed by atoms with E-state index in [1.807, 2.05) is 19.1 Å². The number of hydrogen-bond acceptors (Lipinski definition) is 3. The van der Waals surface area contributed by atoms with Gasteiger partial charge in [-0.15, -0.1) is 0 Å². The van der Waals surface area contributed by atoms with Crippen LogP contribution in [0.25, 0.3) is 0 Å². The second kappa shape index (κ2) is 8.09. The van der Waals surface area contributed by atoms with Crippen LogP contribution in [0.1, 0.15) is 25.8 Å². The second-order valence-corrected chi connectivity index (χ2v) is 3.95. The SMILES string of the molecule is CCOC(CN)CCOc1cccc(CC)c1. The number of aryl methyl sites for hydroxylation is 1. The quantitative estimate of drug-likeness (QED) is 0.755. The summed E-state index contributed by atoms with van der Waals surface area (Å²) in [5.41, 5.74) is 6.90. The molecule has 0 spiro atoms. The van der Waals surface area contributed by atoms with Crippen LogP contribution < -0.4 is 10.5 Å². The monoisotopic (exact) mass is 237 g/mol. The van der Waals surface area contributed by atoms with Crippen molar-refractivity contribution in [2.75, 3.05) is 19.8 Å². The predicted molar refractivity (Wildman–Crippen MR) is 70.4 cm³/mol. The summed E-state index contributed by atoms with van der Waals surface area (Å²) in [6.07, 6.45) is 1.97. The molecule has 1 aromatic rings. The fourth-order valence-electron chi connectivity index (χ4n) is 1.67. The Labute approximate surface area is 104 Å². The number of nitrogens with two attached hydrogens (primary N) is 1. The van der Waals surface area contributed by atoms with Crippen LogP contribution in [0.15, 0.2) is 24.3 Å². The van der Waals surface area contributed by atoms with Crippen LogP contribution >= 0.6 is 0 Å². The first-order valence-corrected chi connectivity index (χ1v) is 6.33. The number of benzene rings is 1. The van der Waals surface area contributed by atoms with Gasteiger partial charge in [-0.25, -0.2) is 0 Å². The van der Waals surface area contributed by atoms with Crippen LogP contribution in [0.5, 0.6) is 5.75 Å². The van der Waals surface area contributed by atoms with Crippen LogP contribution in [0, 0.1) is 0 Å². The van der Waals surface area contributed by atoms with Gasteiger partial charge in [-0.2, -0.15) is 0 Å². The van der Waals surface area contributed by atoms with Gasteiger partial charge in [-0.1, -0.05) is 19.1 Å². The molecule has 1 unspecified atom stereocenters. The van der Waals surface area contributed by atoms with Crippen molar-refractivity contribution < 1.29 is 9.47 Å². The Morgan fingerprint density at radius 3 is 2.76 bits per heavy atom. The lowest BCUT2D eigenvalue weighted by Gasteiger charge is -2.15. The smallest absolute Gasteiger partial charge is 0.119 e. The summed E-state index contributed by atoms with van der Waals surface area (Å²) < 4.78 is 11.2. The Morgan fingerprint density at radius 2 is 2.12 bits per heavy atom. The van der Waals surface area contributed by atoms with Crippen molar-refractivity contribution in [3.8, 4) is 5.75 Å². The van der Waals surface area contributed by atoms with E-state index in [2.05, 4.69) is 19.1 Å². The van der Waals surface area contributed by atoms with E-state index in [0.29, 0.717) is 19.8 Å². The highest BCUT2D eigenvalue weighted by Crippen LogP contribution is 2.14. The molecule has 1 atom stereocenters. The molecule has 0 amide bonds. The van der Waals surface area contributed by atoms with Crippen LogP contribution in [-0.2, 0) is 11.2 Å². The minimum Gasteiger partial charge on any atom is -0.493 e. The van der Waals surface area contributed by atoms with Gasteiger partial charge < -0.3 is 15.2 Å². The van der Waals surface area contributed by atoms with E-state index in [-0.39, 0.29) is 6.10 Å². The largest absolute Gasteiger partial charge is 0.493 e. The van der Waals surface area contributed by atoms with Crippen molar-refractivity contribution in [2.45, 2.75) is 32.8 Å². The lowest BCUT2D eigenvalue weighted by atomic mass is 10.2. The average Bonchev–Trinajstić information content (AvgIpc) is 2.38. The highest BCUT2D eigenvalue weighted by molar-refractivity contribution is 5.28. The molecule has 2 N–H and O–H groups in total. The Bertz CT molecular complexity index is 315. The maximum absolute atomic E-state index is 5.69. The molecule has 0 saturated heterocycles. The molecule has 3 nitrogen and oxygen atoms in total. The molecule has 0 fully saturated rings. The molecule has 0 bridgehead atoms. The van der Waals surface area contributed by atoms with Crippen molar-refractivity contribution >= 4 is 0 Å². The summed E-state index contributed by atoms with van der Waals surface area (Å²) in [5, 5.41) is 0. The van der Waals surface area contributed by atoms with Crippen LogP contribution in [0.3, 0.4) is 0 Å². The molecule has 0 aliphatic heterocycles. The van der Waals surface area contributed by atoms with Crippen LogP contribution in [-0.4, -0.2) is 25.9 Å². The highest BCUT2D eigenvalue weighted by Gasteiger charge is 2.05. The maximum atomic E-state index is 5.69. The minimum atomic E-state index is 0.106. The van der Waals surface area contributed by atoms with Crippen molar-refractivity contribution in [3.05, 3.63) is 29.8 Å². The molecule has 1 rings (SSSR count). The molecule has 3 heteroatoms. The molecule has 0 aromatic heterocycles. The van der Waals surface area contributed by atoms with Gasteiger partial charge in [0.15, 0.2) is 0 Å². The normalized spacial score (nSPS) is 12.4. The molecule has 0 heterocycles. The first-order valence-electron chi connectivity index (χ1n) is 6.33. The molecule has 0 aliphatic carbocycles. The topological polar surface area (TPSA) is 44.5 Å². The summed E-state index contributed by atoms with van der Waals surface area (Å²) in [5.74, 6) is 0.927. The van der Waals surface area contributed by atoms with Gasteiger partial charge in [0.25, 0.3) is 0 Å². The zero-order valence-corrected chi connectivity index (χ0v) is 10.8. The zero-order chi connectivity index (χ0) is 12.5. The Balaban J connectivity index is 2.34. The lowest BCUT2D eigenvalue weighted by Crippen LogP contribution is -2.25. The molecule has 0 aliphatic rings.